The van der Waals surface area contributed by atoms with Crippen LogP contribution < -0.4 is 10.1 Å². The zero-order chi connectivity index (χ0) is 18.2. The average Bonchev–Trinajstić information content (AvgIpc) is 2.60. The molecule has 0 fully saturated rings. The average molecular weight is 347 g/mol. The van der Waals surface area contributed by atoms with Crippen molar-refractivity contribution in [2.45, 2.75) is 11.7 Å². The summed E-state index contributed by atoms with van der Waals surface area (Å²) in [7, 11) is 1.39. The maximum atomic E-state index is 14.1. The van der Waals surface area contributed by atoms with Gasteiger partial charge >= 0.3 is 12.2 Å². The fraction of sp³-hybridized carbons (Fsp3) is 0.176. The second-order valence-electron chi connectivity index (χ2n) is 5.35. The number of nitriles is 1. The first-order chi connectivity index (χ1) is 11.8. The van der Waals surface area contributed by atoms with Crippen molar-refractivity contribution in [1.29, 1.82) is 5.26 Å². The molecule has 2 aliphatic heterocycles. The Bertz CT molecular complexity index is 847. The van der Waals surface area contributed by atoms with Gasteiger partial charge in [0.15, 0.2) is 0 Å². The number of carbonyl (C=O) groups is 1. The maximum absolute atomic E-state index is 14.1. The molecule has 128 valence electrons. The summed E-state index contributed by atoms with van der Waals surface area (Å²) in [6.07, 6.45) is 0.636. The van der Waals surface area contributed by atoms with Crippen LogP contribution in [0.3, 0.4) is 0 Å². The molecule has 25 heavy (non-hydrogen) atoms. The molecule has 0 spiro atoms. The normalized spacial score (nSPS) is 22.4. The summed E-state index contributed by atoms with van der Waals surface area (Å²) in [6, 6.07) is 5.72. The van der Waals surface area contributed by atoms with Crippen LogP contribution in [0.2, 0.25) is 0 Å². The Morgan fingerprint density at radius 2 is 1.92 bits per heavy atom. The molecular weight excluding hydrogens is 335 g/mol. The van der Waals surface area contributed by atoms with Crippen molar-refractivity contribution in [2.24, 2.45) is 0 Å². The van der Waals surface area contributed by atoms with E-state index in [1.165, 1.54) is 55.8 Å². The van der Waals surface area contributed by atoms with E-state index in [4.69, 9.17) is 4.74 Å². The van der Waals surface area contributed by atoms with Crippen LogP contribution in [-0.4, -0.2) is 24.2 Å². The molecule has 1 aromatic carbocycles. The summed E-state index contributed by atoms with van der Waals surface area (Å²) in [4.78, 5) is 13.3. The number of nitrogens with zero attached hydrogens (tertiary/aromatic N) is 2. The minimum absolute atomic E-state index is 0.109. The lowest BCUT2D eigenvalue weighted by Crippen LogP contribution is -2.62. The van der Waals surface area contributed by atoms with Crippen LogP contribution in [-0.2, 0) is 5.54 Å². The van der Waals surface area contributed by atoms with Gasteiger partial charge in [-0.05, 0) is 29.8 Å². The number of fused-ring (bicyclic) bond motifs is 1. The molecule has 2 amide bonds. The van der Waals surface area contributed by atoms with E-state index >= 15 is 0 Å². The van der Waals surface area contributed by atoms with Crippen molar-refractivity contribution in [1.82, 2.24) is 10.2 Å². The second kappa shape index (κ2) is 5.70. The maximum Gasteiger partial charge on any atom is 0.420 e. The topological polar surface area (TPSA) is 65.4 Å². The number of amides is 2. The van der Waals surface area contributed by atoms with Gasteiger partial charge in [-0.1, -0.05) is 18.2 Å². The number of hydrogen-bond acceptors (Lipinski definition) is 3. The van der Waals surface area contributed by atoms with Crippen molar-refractivity contribution in [3.05, 3.63) is 65.5 Å². The molecule has 0 saturated heterocycles. The highest BCUT2D eigenvalue weighted by atomic mass is 19.4. The number of alkyl halides is 3. The SMILES string of the molecule is COc1ccc([C@]2(C(F)(F)F)NC(=O)N3C=CC=CC3=C2C#N)cc1. The Labute approximate surface area is 141 Å². The molecule has 1 N–H and O–H groups in total. The number of methoxy groups -OCH3 is 1. The van der Waals surface area contributed by atoms with Gasteiger partial charge in [0, 0.05) is 6.20 Å². The summed E-state index contributed by atoms with van der Waals surface area (Å²) >= 11 is 0. The first kappa shape index (κ1) is 16.6. The van der Waals surface area contributed by atoms with Crippen LogP contribution >= 0.6 is 0 Å². The monoisotopic (exact) mass is 347 g/mol. The number of carbonyl (C=O) groups excluding carboxylic acids is 1. The van der Waals surface area contributed by atoms with Crippen molar-refractivity contribution in [3.63, 3.8) is 0 Å². The Kier molecular flexibility index (Phi) is 3.80. The first-order valence-corrected chi connectivity index (χ1v) is 7.17. The zero-order valence-corrected chi connectivity index (χ0v) is 13.0. The van der Waals surface area contributed by atoms with Gasteiger partial charge in [0.2, 0.25) is 5.54 Å². The molecular formula is C17H12F3N3O2. The fourth-order valence-corrected chi connectivity index (χ4v) is 2.87. The smallest absolute Gasteiger partial charge is 0.420 e. The van der Waals surface area contributed by atoms with Crippen molar-refractivity contribution < 1.29 is 22.7 Å². The third kappa shape index (κ3) is 2.36. The highest BCUT2D eigenvalue weighted by Crippen LogP contribution is 2.48. The number of urea groups is 1. The lowest BCUT2D eigenvalue weighted by Gasteiger charge is -2.43. The molecule has 0 bridgehead atoms. The highest BCUT2D eigenvalue weighted by molar-refractivity contribution is 5.84. The number of benzene rings is 1. The molecule has 8 heteroatoms. The van der Waals surface area contributed by atoms with Gasteiger partial charge < -0.3 is 10.1 Å². The van der Waals surface area contributed by atoms with E-state index in [-0.39, 0.29) is 11.3 Å². The predicted molar refractivity (Wildman–Crippen MR) is 82.0 cm³/mol. The molecule has 0 unspecified atom stereocenters. The summed E-state index contributed by atoms with van der Waals surface area (Å²) in [5, 5.41) is 11.5. The van der Waals surface area contributed by atoms with Gasteiger partial charge in [0.1, 0.15) is 11.8 Å². The number of ether oxygens (including phenoxy) is 1. The molecule has 0 aliphatic carbocycles. The van der Waals surface area contributed by atoms with Gasteiger partial charge in [-0.25, -0.2) is 4.79 Å². The van der Waals surface area contributed by atoms with E-state index in [2.05, 4.69) is 0 Å². The molecule has 1 aromatic rings. The third-order valence-electron chi connectivity index (χ3n) is 4.06. The van der Waals surface area contributed by atoms with Gasteiger partial charge in [-0.15, -0.1) is 0 Å². The molecule has 5 nitrogen and oxygen atoms in total. The van der Waals surface area contributed by atoms with Crippen LogP contribution in [0.4, 0.5) is 18.0 Å². The molecule has 0 aromatic heterocycles. The molecule has 0 radical (unpaired) electrons. The Hall–Kier alpha value is -3.21. The summed E-state index contributed by atoms with van der Waals surface area (Å²) in [5.41, 5.74) is -3.93. The predicted octanol–water partition coefficient (Wildman–Crippen LogP) is 3.34. The Morgan fingerprint density at radius 1 is 1.24 bits per heavy atom. The highest BCUT2D eigenvalue weighted by Gasteiger charge is 2.63. The lowest BCUT2D eigenvalue weighted by molar-refractivity contribution is -0.186. The van der Waals surface area contributed by atoms with Gasteiger partial charge in [0.25, 0.3) is 0 Å². The van der Waals surface area contributed by atoms with E-state index in [0.717, 1.165) is 4.90 Å². The minimum atomic E-state index is -4.93. The van der Waals surface area contributed by atoms with Crippen LogP contribution in [0, 0.1) is 11.3 Å². The fourth-order valence-electron chi connectivity index (χ4n) is 2.87. The van der Waals surface area contributed by atoms with E-state index in [1.54, 1.807) is 6.07 Å². The quantitative estimate of drug-likeness (QED) is 0.892. The van der Waals surface area contributed by atoms with Crippen molar-refractivity contribution in [2.75, 3.05) is 7.11 Å². The number of halogens is 3. The van der Waals surface area contributed by atoms with Gasteiger partial charge in [0.05, 0.1) is 18.4 Å². The van der Waals surface area contributed by atoms with Crippen LogP contribution in [0.5, 0.6) is 5.75 Å². The number of nitrogens with one attached hydrogen (secondary N) is 1. The van der Waals surface area contributed by atoms with E-state index in [9.17, 15) is 23.2 Å². The van der Waals surface area contributed by atoms with Gasteiger partial charge in [-0.2, -0.15) is 18.4 Å². The molecule has 3 rings (SSSR count). The zero-order valence-electron chi connectivity index (χ0n) is 13.0. The molecule has 2 aliphatic rings. The minimum Gasteiger partial charge on any atom is -0.497 e. The standard InChI is InChI=1S/C17H12F3N3O2/c1-25-12-7-5-11(6-8-12)16(17(18,19)20)13(10-21)14-4-2-3-9-23(14)15(24)22-16/h2-9H,1H3,(H,22,24)/t16-/m0/s1. The molecule has 0 saturated carbocycles. The van der Waals surface area contributed by atoms with E-state index < -0.39 is 23.3 Å². The summed E-state index contributed by atoms with van der Waals surface area (Å²) in [6.45, 7) is 0. The summed E-state index contributed by atoms with van der Waals surface area (Å²) < 4.78 is 47.4. The summed E-state index contributed by atoms with van der Waals surface area (Å²) in [5.74, 6) is 0.358. The number of rotatable bonds is 2. The van der Waals surface area contributed by atoms with Gasteiger partial charge in [-0.3, -0.25) is 4.90 Å². The van der Waals surface area contributed by atoms with Crippen LogP contribution in [0.25, 0.3) is 0 Å². The number of hydrogen-bond donors (Lipinski definition) is 1. The van der Waals surface area contributed by atoms with Crippen molar-refractivity contribution in [3.8, 4) is 11.8 Å². The molecule has 1 atom stereocenters. The molecule has 2 heterocycles. The number of allylic oxidation sites excluding steroid dienone is 3. The third-order valence-corrected chi connectivity index (χ3v) is 4.06. The Balaban J connectivity index is 2.32. The van der Waals surface area contributed by atoms with E-state index in [0.29, 0.717) is 5.75 Å². The van der Waals surface area contributed by atoms with Crippen molar-refractivity contribution >= 4 is 6.03 Å². The first-order valence-electron chi connectivity index (χ1n) is 7.17. The lowest BCUT2D eigenvalue weighted by atomic mass is 9.79. The van der Waals surface area contributed by atoms with Crippen LogP contribution in [0.1, 0.15) is 5.56 Å². The largest absolute Gasteiger partial charge is 0.497 e. The van der Waals surface area contributed by atoms with E-state index in [1.807, 2.05) is 5.32 Å². The Morgan fingerprint density at radius 3 is 2.48 bits per heavy atom. The second-order valence-corrected chi connectivity index (χ2v) is 5.35. The van der Waals surface area contributed by atoms with Crippen LogP contribution in [0.15, 0.2) is 60.0 Å².